The van der Waals surface area contributed by atoms with E-state index in [4.69, 9.17) is 18.9 Å². The van der Waals surface area contributed by atoms with Crippen LogP contribution in [0.5, 0.6) is 5.75 Å². The number of hydrogen-bond donors (Lipinski definition) is 0. The Hall–Kier alpha value is -3.69. The van der Waals surface area contributed by atoms with Crippen molar-refractivity contribution in [2.24, 2.45) is 0 Å². The summed E-state index contributed by atoms with van der Waals surface area (Å²) in [5.41, 5.74) is 5.71. The van der Waals surface area contributed by atoms with Crippen molar-refractivity contribution in [3.8, 4) is 11.4 Å². The fraction of sp³-hybridized carbons (Fsp3) is 0.364. The molecule has 0 bridgehead atoms. The van der Waals surface area contributed by atoms with Gasteiger partial charge in [-0.15, -0.1) is 0 Å². The number of morpholine rings is 1. The Labute approximate surface area is 243 Å². The SMILES string of the molecule is COc1cccc(CN(Cc2cccc(-n3cccn3)c2)c2cccc(COCCOCCN3CCOCC3)c2)c1. The molecule has 1 fully saturated rings. The molecule has 0 radical (unpaired) electrons. The van der Waals surface area contributed by atoms with Crippen LogP contribution < -0.4 is 9.64 Å². The molecular formula is C33H40N4O4. The second-order valence-corrected chi connectivity index (χ2v) is 10.1. The molecule has 0 atom stereocenters. The third kappa shape index (κ3) is 8.90. The second kappa shape index (κ2) is 15.3. The largest absolute Gasteiger partial charge is 0.497 e. The van der Waals surface area contributed by atoms with Gasteiger partial charge in [-0.2, -0.15) is 5.10 Å². The number of methoxy groups -OCH3 is 1. The van der Waals surface area contributed by atoms with E-state index < -0.39 is 0 Å². The van der Waals surface area contributed by atoms with Gasteiger partial charge >= 0.3 is 0 Å². The van der Waals surface area contributed by atoms with E-state index in [1.54, 1.807) is 13.3 Å². The monoisotopic (exact) mass is 556 g/mol. The van der Waals surface area contributed by atoms with Crippen LogP contribution >= 0.6 is 0 Å². The van der Waals surface area contributed by atoms with Crippen LogP contribution in [0.15, 0.2) is 91.3 Å². The van der Waals surface area contributed by atoms with Crippen LogP contribution in [0, 0.1) is 0 Å². The van der Waals surface area contributed by atoms with Crippen molar-refractivity contribution in [1.82, 2.24) is 14.7 Å². The Balaban J connectivity index is 1.21. The fourth-order valence-electron chi connectivity index (χ4n) is 4.94. The van der Waals surface area contributed by atoms with Gasteiger partial charge < -0.3 is 23.8 Å². The van der Waals surface area contributed by atoms with E-state index in [2.05, 4.69) is 75.6 Å². The van der Waals surface area contributed by atoms with Crippen molar-refractivity contribution >= 4 is 5.69 Å². The minimum Gasteiger partial charge on any atom is -0.497 e. The Morgan fingerprint density at radius 2 is 1.56 bits per heavy atom. The van der Waals surface area contributed by atoms with Gasteiger partial charge in [0.1, 0.15) is 5.75 Å². The Bertz CT molecular complexity index is 1320. The van der Waals surface area contributed by atoms with Crippen LogP contribution in [0.25, 0.3) is 5.69 Å². The number of benzene rings is 3. The summed E-state index contributed by atoms with van der Waals surface area (Å²) in [6.07, 6.45) is 3.76. The summed E-state index contributed by atoms with van der Waals surface area (Å²) in [5.74, 6) is 0.859. The number of rotatable bonds is 15. The lowest BCUT2D eigenvalue weighted by atomic mass is 10.1. The molecular weight excluding hydrogens is 516 g/mol. The van der Waals surface area contributed by atoms with E-state index in [1.807, 2.05) is 29.1 Å². The molecule has 5 rings (SSSR count). The van der Waals surface area contributed by atoms with Crippen LogP contribution in [-0.4, -0.2) is 74.5 Å². The molecule has 0 unspecified atom stereocenters. The van der Waals surface area contributed by atoms with Crippen molar-refractivity contribution in [2.75, 3.05) is 64.7 Å². The van der Waals surface area contributed by atoms with Gasteiger partial charge in [-0.3, -0.25) is 4.90 Å². The summed E-state index contributed by atoms with van der Waals surface area (Å²) in [6.45, 7) is 8.47. The maximum absolute atomic E-state index is 5.97. The molecule has 8 nitrogen and oxygen atoms in total. The van der Waals surface area contributed by atoms with Crippen LogP contribution in [0.1, 0.15) is 16.7 Å². The van der Waals surface area contributed by atoms with Crippen LogP contribution in [-0.2, 0) is 33.9 Å². The van der Waals surface area contributed by atoms with Gasteiger partial charge in [0.15, 0.2) is 0 Å². The third-order valence-electron chi connectivity index (χ3n) is 7.13. The quantitative estimate of drug-likeness (QED) is 0.192. The molecule has 0 N–H and O–H groups in total. The first-order valence-electron chi connectivity index (χ1n) is 14.3. The zero-order valence-electron chi connectivity index (χ0n) is 23.9. The maximum Gasteiger partial charge on any atom is 0.119 e. The highest BCUT2D eigenvalue weighted by atomic mass is 16.5. The summed E-state index contributed by atoms with van der Waals surface area (Å²) < 4.78 is 24.5. The molecule has 4 aromatic rings. The topological polar surface area (TPSA) is 61.2 Å². The number of hydrogen-bond acceptors (Lipinski definition) is 7. The lowest BCUT2D eigenvalue weighted by molar-refractivity contribution is 0.00585. The summed E-state index contributed by atoms with van der Waals surface area (Å²) in [7, 11) is 1.70. The maximum atomic E-state index is 5.97. The highest BCUT2D eigenvalue weighted by Gasteiger charge is 2.12. The molecule has 1 aliphatic heterocycles. The predicted molar refractivity (Wildman–Crippen MR) is 161 cm³/mol. The molecule has 0 spiro atoms. The summed E-state index contributed by atoms with van der Waals surface area (Å²) in [6, 6.07) is 27.3. The highest BCUT2D eigenvalue weighted by Crippen LogP contribution is 2.24. The Kier molecular flexibility index (Phi) is 10.8. The molecule has 0 amide bonds. The normalized spacial score (nSPS) is 13.8. The highest BCUT2D eigenvalue weighted by molar-refractivity contribution is 5.50. The van der Waals surface area contributed by atoms with Crippen LogP contribution in [0.3, 0.4) is 0 Å². The van der Waals surface area contributed by atoms with E-state index in [0.29, 0.717) is 19.8 Å². The summed E-state index contributed by atoms with van der Waals surface area (Å²) in [4.78, 5) is 4.76. The first-order valence-corrected chi connectivity index (χ1v) is 14.3. The molecule has 41 heavy (non-hydrogen) atoms. The molecule has 1 aliphatic rings. The number of anilines is 1. The Morgan fingerprint density at radius 3 is 2.37 bits per heavy atom. The first kappa shape index (κ1) is 28.8. The molecule has 8 heteroatoms. The van der Waals surface area contributed by atoms with Crippen molar-refractivity contribution in [3.63, 3.8) is 0 Å². The minimum atomic E-state index is 0.544. The van der Waals surface area contributed by atoms with Gasteiger partial charge in [0, 0.05) is 50.8 Å². The number of aromatic nitrogens is 2. The zero-order valence-corrected chi connectivity index (χ0v) is 23.9. The van der Waals surface area contributed by atoms with Crippen molar-refractivity contribution in [1.29, 1.82) is 0 Å². The van der Waals surface area contributed by atoms with E-state index in [-0.39, 0.29) is 0 Å². The first-order chi connectivity index (χ1) is 20.3. The van der Waals surface area contributed by atoms with Crippen molar-refractivity contribution in [3.05, 3.63) is 108 Å². The Morgan fingerprint density at radius 1 is 0.805 bits per heavy atom. The molecule has 0 aliphatic carbocycles. The molecule has 0 saturated carbocycles. The van der Waals surface area contributed by atoms with Crippen LogP contribution in [0.2, 0.25) is 0 Å². The van der Waals surface area contributed by atoms with Gasteiger partial charge in [0.2, 0.25) is 0 Å². The van der Waals surface area contributed by atoms with E-state index in [1.165, 1.54) is 11.1 Å². The van der Waals surface area contributed by atoms with Gasteiger partial charge in [0.05, 0.1) is 52.4 Å². The van der Waals surface area contributed by atoms with Crippen molar-refractivity contribution in [2.45, 2.75) is 19.7 Å². The lowest BCUT2D eigenvalue weighted by Crippen LogP contribution is -2.38. The summed E-state index contributed by atoms with van der Waals surface area (Å²) >= 11 is 0. The molecule has 1 aromatic heterocycles. The van der Waals surface area contributed by atoms with Gasteiger partial charge in [-0.05, 0) is 59.2 Å². The average molecular weight is 557 g/mol. The number of ether oxygens (including phenoxy) is 4. The fourth-order valence-corrected chi connectivity index (χ4v) is 4.94. The minimum absolute atomic E-state index is 0.544. The number of nitrogens with zero attached hydrogens (tertiary/aromatic N) is 4. The lowest BCUT2D eigenvalue weighted by Gasteiger charge is -2.26. The molecule has 1 saturated heterocycles. The molecule has 2 heterocycles. The standard InChI is InChI=1S/C33H40N4O4/c1-38-33-11-4-7-29(24-33)26-36(25-28-6-2-10-32(22-28)37-13-5-12-34-37)31-9-3-8-30(23-31)27-41-21-20-40-19-16-35-14-17-39-18-15-35/h2-13,22-24H,14-21,25-27H2,1H3. The van der Waals surface area contributed by atoms with Gasteiger partial charge in [-0.25, -0.2) is 4.68 Å². The zero-order chi connectivity index (χ0) is 28.1. The van der Waals surface area contributed by atoms with Crippen molar-refractivity contribution < 1.29 is 18.9 Å². The van der Waals surface area contributed by atoms with E-state index >= 15 is 0 Å². The van der Waals surface area contributed by atoms with Gasteiger partial charge in [-0.1, -0.05) is 36.4 Å². The van der Waals surface area contributed by atoms with Gasteiger partial charge in [0.25, 0.3) is 0 Å². The average Bonchev–Trinajstić information content (AvgIpc) is 3.57. The molecule has 3 aromatic carbocycles. The second-order valence-electron chi connectivity index (χ2n) is 10.1. The summed E-state index contributed by atoms with van der Waals surface area (Å²) in [5, 5.41) is 4.40. The predicted octanol–water partition coefficient (Wildman–Crippen LogP) is 4.95. The smallest absolute Gasteiger partial charge is 0.119 e. The third-order valence-corrected chi connectivity index (χ3v) is 7.13. The van der Waals surface area contributed by atoms with Crippen LogP contribution in [0.4, 0.5) is 5.69 Å². The molecule has 216 valence electrons. The van der Waals surface area contributed by atoms with E-state index in [9.17, 15) is 0 Å². The van der Waals surface area contributed by atoms with E-state index in [0.717, 1.165) is 75.2 Å².